The Balaban J connectivity index is 2.68. The van der Waals surface area contributed by atoms with Crippen LogP contribution in [0.5, 0.6) is 0 Å². The third-order valence-corrected chi connectivity index (χ3v) is 4.12. The van der Waals surface area contributed by atoms with Crippen LogP contribution in [0.4, 0.5) is 0 Å². The van der Waals surface area contributed by atoms with E-state index in [1.54, 1.807) is 11.3 Å². The topological polar surface area (TPSA) is 40.5 Å². The Hall–Kier alpha value is -1.36. The van der Waals surface area contributed by atoms with Crippen LogP contribution in [0.1, 0.15) is 51.2 Å². The lowest BCUT2D eigenvalue weighted by Gasteiger charge is -2.21. The predicted octanol–water partition coefficient (Wildman–Crippen LogP) is 3.80. The summed E-state index contributed by atoms with van der Waals surface area (Å²) in [5.41, 5.74) is 1.25. The number of rotatable bonds is 7. The summed E-state index contributed by atoms with van der Waals surface area (Å²) in [6.45, 7) is 14.9. The van der Waals surface area contributed by atoms with Crippen LogP contribution in [0.2, 0.25) is 0 Å². The number of aliphatic imine (C=N–C) groups is 1. The quantitative estimate of drug-likeness (QED) is 0.359. The van der Waals surface area contributed by atoms with Gasteiger partial charge in [0.25, 0.3) is 0 Å². The molecule has 1 N–H and O–H groups in total. The Morgan fingerprint density at radius 2 is 2.23 bits per heavy atom. The fourth-order valence-corrected chi connectivity index (χ4v) is 2.86. The molecule has 5 heteroatoms. The van der Waals surface area contributed by atoms with Crippen molar-refractivity contribution in [2.24, 2.45) is 4.99 Å². The van der Waals surface area contributed by atoms with E-state index in [1.807, 2.05) is 6.08 Å². The molecule has 0 saturated heterocycles. The first-order valence-electron chi connectivity index (χ1n) is 7.93. The van der Waals surface area contributed by atoms with Crippen molar-refractivity contribution >= 4 is 17.3 Å². The summed E-state index contributed by atoms with van der Waals surface area (Å²) in [4.78, 5) is 11.6. The molecule has 0 saturated carbocycles. The van der Waals surface area contributed by atoms with Gasteiger partial charge in [-0.05, 0) is 19.8 Å². The first-order chi connectivity index (χ1) is 10.4. The number of guanidine groups is 1. The average Bonchev–Trinajstić information content (AvgIpc) is 2.92. The third-order valence-electron chi connectivity index (χ3n) is 3.28. The Morgan fingerprint density at radius 1 is 1.50 bits per heavy atom. The summed E-state index contributed by atoms with van der Waals surface area (Å²) in [7, 11) is 2.08. The van der Waals surface area contributed by atoms with Gasteiger partial charge in [-0.15, -0.1) is 17.9 Å². The van der Waals surface area contributed by atoms with Crippen molar-refractivity contribution in [2.45, 2.75) is 52.5 Å². The molecular weight excluding hydrogens is 292 g/mol. The molecular formula is C17H30N4S. The second-order valence-electron chi connectivity index (χ2n) is 6.40. The van der Waals surface area contributed by atoms with Gasteiger partial charge in [-0.25, -0.2) is 9.98 Å². The Bertz CT molecular complexity index is 485. The minimum atomic E-state index is 0.102. The number of hydrogen-bond acceptors (Lipinski definition) is 3. The molecule has 0 aliphatic rings. The molecule has 0 atom stereocenters. The van der Waals surface area contributed by atoms with Crippen molar-refractivity contribution in [3.63, 3.8) is 0 Å². The Labute approximate surface area is 139 Å². The van der Waals surface area contributed by atoms with E-state index in [0.29, 0.717) is 6.54 Å². The van der Waals surface area contributed by atoms with Gasteiger partial charge in [0.15, 0.2) is 5.96 Å². The van der Waals surface area contributed by atoms with Crippen LogP contribution >= 0.6 is 11.3 Å². The van der Waals surface area contributed by atoms with E-state index in [1.165, 1.54) is 0 Å². The fraction of sp³-hybridized carbons (Fsp3) is 0.647. The minimum Gasteiger partial charge on any atom is -0.357 e. The molecule has 4 nitrogen and oxygen atoms in total. The molecule has 0 aromatic carbocycles. The van der Waals surface area contributed by atoms with E-state index in [0.717, 1.165) is 42.6 Å². The van der Waals surface area contributed by atoms with Crippen molar-refractivity contribution in [3.8, 4) is 0 Å². The van der Waals surface area contributed by atoms with E-state index in [9.17, 15) is 0 Å². The lowest BCUT2D eigenvalue weighted by molar-refractivity contribution is 0.470. The van der Waals surface area contributed by atoms with E-state index in [4.69, 9.17) is 9.98 Å². The highest BCUT2D eigenvalue weighted by atomic mass is 32.1. The van der Waals surface area contributed by atoms with Crippen molar-refractivity contribution in [1.29, 1.82) is 0 Å². The summed E-state index contributed by atoms with van der Waals surface area (Å²) < 4.78 is 0. The average molecular weight is 323 g/mol. The SMILES string of the molecule is C=CCCCN(C)C(=NCc1nc(C(C)(C)C)cs1)NCC. The van der Waals surface area contributed by atoms with E-state index in [2.05, 4.69) is 56.9 Å². The van der Waals surface area contributed by atoms with E-state index >= 15 is 0 Å². The maximum atomic E-state index is 4.71. The van der Waals surface area contributed by atoms with Gasteiger partial charge in [0.05, 0.1) is 12.2 Å². The van der Waals surface area contributed by atoms with Crippen LogP contribution < -0.4 is 5.32 Å². The van der Waals surface area contributed by atoms with E-state index in [-0.39, 0.29) is 5.41 Å². The van der Waals surface area contributed by atoms with E-state index < -0.39 is 0 Å². The zero-order chi connectivity index (χ0) is 16.6. The Morgan fingerprint density at radius 3 is 2.77 bits per heavy atom. The monoisotopic (exact) mass is 322 g/mol. The summed E-state index contributed by atoms with van der Waals surface area (Å²) in [5, 5.41) is 6.56. The van der Waals surface area contributed by atoms with Crippen LogP contribution in [0.3, 0.4) is 0 Å². The second kappa shape index (κ2) is 8.93. The lowest BCUT2D eigenvalue weighted by atomic mass is 9.93. The van der Waals surface area contributed by atoms with Gasteiger partial charge in [-0.3, -0.25) is 0 Å². The Kier molecular flexibility index (Phi) is 7.59. The number of nitrogens with zero attached hydrogens (tertiary/aromatic N) is 3. The first kappa shape index (κ1) is 18.7. The van der Waals surface area contributed by atoms with Crippen LogP contribution in [-0.2, 0) is 12.0 Å². The van der Waals surface area contributed by atoms with Crippen LogP contribution in [0, 0.1) is 0 Å². The van der Waals surface area contributed by atoms with Gasteiger partial charge in [-0.2, -0.15) is 0 Å². The molecule has 0 aliphatic heterocycles. The molecule has 0 radical (unpaired) electrons. The molecule has 0 fully saturated rings. The third kappa shape index (κ3) is 6.18. The number of aromatic nitrogens is 1. The lowest BCUT2D eigenvalue weighted by Crippen LogP contribution is -2.39. The number of allylic oxidation sites excluding steroid dienone is 1. The standard InChI is InChI=1S/C17H30N4S/c1-7-9-10-11-21(6)16(18-8-2)19-12-15-20-14(13-22-15)17(3,4)5/h7,13H,1,8-12H2,2-6H3,(H,18,19). The molecule has 1 aromatic rings. The molecule has 0 unspecified atom stereocenters. The molecule has 1 heterocycles. The molecule has 124 valence electrons. The number of unbranched alkanes of at least 4 members (excludes halogenated alkanes) is 1. The highest BCUT2D eigenvalue weighted by Crippen LogP contribution is 2.24. The second-order valence-corrected chi connectivity index (χ2v) is 7.34. The van der Waals surface area contributed by atoms with Crippen molar-refractivity contribution in [1.82, 2.24) is 15.2 Å². The summed E-state index contributed by atoms with van der Waals surface area (Å²) in [6.07, 6.45) is 4.09. The van der Waals surface area contributed by atoms with Crippen molar-refractivity contribution in [3.05, 3.63) is 28.7 Å². The zero-order valence-electron chi connectivity index (χ0n) is 14.6. The minimum absolute atomic E-state index is 0.102. The van der Waals surface area contributed by atoms with Gasteiger partial charge < -0.3 is 10.2 Å². The van der Waals surface area contributed by atoms with Crippen LogP contribution in [0.15, 0.2) is 23.0 Å². The highest BCUT2D eigenvalue weighted by Gasteiger charge is 2.17. The maximum absolute atomic E-state index is 4.71. The molecule has 0 amide bonds. The normalized spacial score (nSPS) is 12.3. The summed E-state index contributed by atoms with van der Waals surface area (Å²) >= 11 is 1.69. The largest absolute Gasteiger partial charge is 0.357 e. The molecule has 1 rings (SSSR count). The van der Waals surface area contributed by atoms with Gasteiger partial charge in [0.2, 0.25) is 0 Å². The maximum Gasteiger partial charge on any atom is 0.194 e. The van der Waals surface area contributed by atoms with Crippen LogP contribution in [-0.4, -0.2) is 36.0 Å². The molecule has 0 bridgehead atoms. The first-order valence-corrected chi connectivity index (χ1v) is 8.81. The summed E-state index contributed by atoms with van der Waals surface area (Å²) in [5.74, 6) is 0.944. The highest BCUT2D eigenvalue weighted by molar-refractivity contribution is 7.09. The van der Waals surface area contributed by atoms with Gasteiger partial charge in [-0.1, -0.05) is 26.8 Å². The summed E-state index contributed by atoms with van der Waals surface area (Å²) in [6, 6.07) is 0. The number of hydrogen-bond donors (Lipinski definition) is 1. The van der Waals surface area contributed by atoms with Crippen molar-refractivity contribution in [2.75, 3.05) is 20.1 Å². The fourth-order valence-electron chi connectivity index (χ4n) is 1.92. The molecule has 22 heavy (non-hydrogen) atoms. The van der Waals surface area contributed by atoms with Gasteiger partial charge in [0.1, 0.15) is 5.01 Å². The molecule has 0 aliphatic carbocycles. The molecule has 0 spiro atoms. The predicted molar refractivity (Wildman–Crippen MR) is 97.7 cm³/mol. The van der Waals surface area contributed by atoms with Gasteiger partial charge >= 0.3 is 0 Å². The zero-order valence-corrected chi connectivity index (χ0v) is 15.5. The number of nitrogens with one attached hydrogen (secondary N) is 1. The smallest absolute Gasteiger partial charge is 0.194 e. The van der Waals surface area contributed by atoms with Gasteiger partial charge in [0, 0.05) is 30.9 Å². The number of thiazole rings is 1. The molecule has 1 aromatic heterocycles. The van der Waals surface area contributed by atoms with Crippen LogP contribution in [0.25, 0.3) is 0 Å². The van der Waals surface area contributed by atoms with Crippen molar-refractivity contribution < 1.29 is 0 Å².